The van der Waals surface area contributed by atoms with Crippen molar-refractivity contribution in [1.29, 1.82) is 0 Å². The number of rotatable bonds is 7. The minimum absolute atomic E-state index is 0.0245. The van der Waals surface area contributed by atoms with Gasteiger partial charge in [0.1, 0.15) is 12.8 Å². The standard InChI is InChI=1S/C16H17N5O10S/c1-28-13(25)10-9(19-11(23)8(20-29-2)6-5-32-15(17)18-6)12(24)21(31-10)16(14(26)27)4-3-7(22)30-16/h5,9-10H,3-4H2,1-2H3,(H2,17,18)(H,19,23)(H,26,27)/b20-8-/t9-,10+,16?/m0/s1. The maximum Gasteiger partial charge on any atom is 0.372 e. The van der Waals surface area contributed by atoms with E-state index in [-0.39, 0.29) is 28.0 Å². The molecule has 2 saturated heterocycles. The van der Waals surface area contributed by atoms with Crippen molar-refractivity contribution in [1.82, 2.24) is 15.4 Å². The number of nitrogen functional groups attached to an aromatic ring is 1. The number of aromatic nitrogens is 1. The third kappa shape index (κ3) is 3.92. The number of anilines is 1. The molecule has 0 aliphatic carbocycles. The molecule has 0 aromatic carbocycles. The van der Waals surface area contributed by atoms with E-state index < -0.39 is 54.0 Å². The van der Waals surface area contributed by atoms with Gasteiger partial charge in [-0.1, -0.05) is 5.16 Å². The highest BCUT2D eigenvalue weighted by molar-refractivity contribution is 7.13. The van der Waals surface area contributed by atoms with Crippen LogP contribution in [0.4, 0.5) is 5.13 Å². The topological polar surface area (TPSA) is 209 Å². The van der Waals surface area contributed by atoms with E-state index in [0.29, 0.717) is 0 Å². The zero-order chi connectivity index (χ0) is 23.6. The number of carboxylic acids is 1. The summed E-state index contributed by atoms with van der Waals surface area (Å²) in [4.78, 5) is 75.2. The van der Waals surface area contributed by atoms with Crippen molar-refractivity contribution in [2.24, 2.45) is 5.16 Å². The number of carbonyl (C=O) groups is 5. The average molecular weight is 471 g/mol. The van der Waals surface area contributed by atoms with Gasteiger partial charge in [0.15, 0.2) is 16.9 Å². The number of oxime groups is 1. The van der Waals surface area contributed by atoms with E-state index in [4.69, 9.17) is 15.3 Å². The number of hydroxylamine groups is 2. The zero-order valence-corrected chi connectivity index (χ0v) is 17.4. The minimum atomic E-state index is -2.51. The Kier molecular flexibility index (Phi) is 6.26. The lowest BCUT2D eigenvalue weighted by atomic mass is 10.1. The smallest absolute Gasteiger partial charge is 0.372 e. The molecule has 1 aromatic rings. The number of carbonyl (C=O) groups excluding carboxylic acids is 4. The molecule has 4 N–H and O–H groups in total. The van der Waals surface area contributed by atoms with Gasteiger partial charge in [-0.25, -0.2) is 19.4 Å². The summed E-state index contributed by atoms with van der Waals surface area (Å²) in [7, 11) is 2.16. The number of methoxy groups -OCH3 is 1. The summed E-state index contributed by atoms with van der Waals surface area (Å²) in [6, 6.07) is -1.75. The molecule has 1 aromatic heterocycles. The first kappa shape index (κ1) is 22.9. The Morgan fingerprint density at radius 2 is 2.12 bits per heavy atom. The van der Waals surface area contributed by atoms with Crippen LogP contribution in [-0.2, 0) is 43.1 Å². The van der Waals surface area contributed by atoms with E-state index in [2.05, 4.69) is 25.0 Å². The van der Waals surface area contributed by atoms with Crippen molar-refractivity contribution in [3.63, 3.8) is 0 Å². The number of aliphatic carboxylic acids is 1. The molecule has 1 unspecified atom stereocenters. The summed E-state index contributed by atoms with van der Waals surface area (Å²) < 4.78 is 9.43. The van der Waals surface area contributed by atoms with Gasteiger partial charge >= 0.3 is 23.6 Å². The molecule has 0 spiro atoms. The molecule has 2 amide bonds. The fourth-order valence-electron chi connectivity index (χ4n) is 3.02. The van der Waals surface area contributed by atoms with Crippen LogP contribution in [0.5, 0.6) is 0 Å². The van der Waals surface area contributed by atoms with E-state index in [1.165, 1.54) is 5.38 Å². The molecule has 3 atom stereocenters. The number of cyclic esters (lactones) is 1. The molecule has 0 bridgehead atoms. The predicted molar refractivity (Wildman–Crippen MR) is 101 cm³/mol. The minimum Gasteiger partial charge on any atom is -0.477 e. The highest BCUT2D eigenvalue weighted by atomic mass is 32.1. The largest absolute Gasteiger partial charge is 0.477 e. The lowest BCUT2D eigenvalue weighted by molar-refractivity contribution is -0.268. The van der Waals surface area contributed by atoms with Crippen molar-refractivity contribution in [2.45, 2.75) is 30.7 Å². The van der Waals surface area contributed by atoms with E-state index in [1.54, 1.807) is 0 Å². The van der Waals surface area contributed by atoms with Crippen LogP contribution < -0.4 is 11.1 Å². The third-order valence-corrected chi connectivity index (χ3v) is 5.16. The van der Waals surface area contributed by atoms with Gasteiger partial charge in [-0.05, 0) is 0 Å². The Hall–Kier alpha value is -3.79. The van der Waals surface area contributed by atoms with Crippen LogP contribution in [0.3, 0.4) is 0 Å². The van der Waals surface area contributed by atoms with Gasteiger partial charge in [0.2, 0.25) is 6.10 Å². The van der Waals surface area contributed by atoms with E-state index in [0.717, 1.165) is 25.6 Å². The normalized spacial score (nSPS) is 25.4. The highest BCUT2D eigenvalue weighted by Gasteiger charge is 2.62. The number of nitrogens with two attached hydrogens (primary N) is 1. The van der Waals surface area contributed by atoms with Gasteiger partial charge in [-0.2, -0.15) is 5.06 Å². The maximum atomic E-state index is 13.0. The fourth-order valence-corrected chi connectivity index (χ4v) is 3.57. The summed E-state index contributed by atoms with van der Waals surface area (Å²) in [6.07, 6.45) is -2.53. The Labute approximate surface area is 183 Å². The first-order valence-corrected chi connectivity index (χ1v) is 9.70. The second-order valence-electron chi connectivity index (χ2n) is 6.39. The van der Waals surface area contributed by atoms with Gasteiger partial charge in [0.25, 0.3) is 11.8 Å². The second kappa shape index (κ2) is 8.75. The number of nitrogens with zero attached hydrogens (tertiary/aromatic N) is 3. The van der Waals surface area contributed by atoms with Crippen LogP contribution in [0.2, 0.25) is 0 Å². The Balaban J connectivity index is 1.93. The lowest BCUT2D eigenvalue weighted by Gasteiger charge is -2.30. The lowest BCUT2D eigenvalue weighted by Crippen LogP contribution is -2.57. The summed E-state index contributed by atoms with van der Waals surface area (Å²) >= 11 is 1.01. The molecule has 2 aliphatic heterocycles. The molecule has 2 fully saturated rings. The Morgan fingerprint density at radius 3 is 2.62 bits per heavy atom. The number of thiazole rings is 1. The van der Waals surface area contributed by atoms with Crippen molar-refractivity contribution in [3.05, 3.63) is 11.1 Å². The molecular weight excluding hydrogens is 454 g/mol. The SMILES string of the molecule is CO/N=C(\C(=O)N[C@@H]1C(=O)N(C2(C(=O)O)CCC(=O)O2)O[C@H]1C(=O)OC)c1csc(N)n1. The highest BCUT2D eigenvalue weighted by Crippen LogP contribution is 2.36. The van der Waals surface area contributed by atoms with Crippen molar-refractivity contribution in [3.8, 4) is 0 Å². The Bertz CT molecular complexity index is 1010. The first-order valence-electron chi connectivity index (χ1n) is 8.82. The van der Waals surface area contributed by atoms with Crippen LogP contribution >= 0.6 is 11.3 Å². The maximum absolute atomic E-state index is 13.0. The molecule has 32 heavy (non-hydrogen) atoms. The molecule has 3 rings (SSSR count). The summed E-state index contributed by atoms with van der Waals surface area (Å²) in [6.45, 7) is 0. The van der Waals surface area contributed by atoms with E-state index in [1.807, 2.05) is 0 Å². The van der Waals surface area contributed by atoms with Crippen LogP contribution in [0.15, 0.2) is 10.5 Å². The van der Waals surface area contributed by atoms with Gasteiger partial charge in [0.05, 0.1) is 13.5 Å². The summed E-state index contributed by atoms with van der Waals surface area (Å²) in [5, 5.41) is 17.2. The van der Waals surface area contributed by atoms with Crippen LogP contribution in [0.25, 0.3) is 0 Å². The number of amides is 2. The number of ether oxygens (including phenoxy) is 2. The van der Waals surface area contributed by atoms with Gasteiger partial charge < -0.3 is 30.5 Å². The van der Waals surface area contributed by atoms with E-state index in [9.17, 15) is 29.1 Å². The van der Waals surface area contributed by atoms with Crippen LogP contribution in [0.1, 0.15) is 18.5 Å². The second-order valence-corrected chi connectivity index (χ2v) is 7.28. The van der Waals surface area contributed by atoms with Gasteiger partial charge in [0, 0.05) is 11.8 Å². The number of hydrogen-bond donors (Lipinski definition) is 3. The predicted octanol–water partition coefficient (Wildman–Crippen LogP) is -2.01. The van der Waals surface area contributed by atoms with Crippen molar-refractivity contribution >= 4 is 51.9 Å². The van der Waals surface area contributed by atoms with Gasteiger partial charge in [-0.15, -0.1) is 11.3 Å². The van der Waals surface area contributed by atoms with Gasteiger partial charge in [-0.3, -0.25) is 14.4 Å². The summed E-state index contributed by atoms with van der Waals surface area (Å²) in [5.74, 6) is -5.87. The monoisotopic (exact) mass is 471 g/mol. The summed E-state index contributed by atoms with van der Waals surface area (Å²) in [5.41, 5.74) is 2.70. The fraction of sp³-hybridized carbons (Fsp3) is 0.438. The quantitative estimate of drug-likeness (QED) is 0.224. The molecule has 0 saturated carbocycles. The average Bonchev–Trinajstić information content (AvgIpc) is 3.44. The number of nitrogens with one attached hydrogen (secondary N) is 1. The van der Waals surface area contributed by atoms with Crippen LogP contribution in [0, 0.1) is 0 Å². The third-order valence-electron chi connectivity index (χ3n) is 4.48. The van der Waals surface area contributed by atoms with Crippen molar-refractivity contribution in [2.75, 3.05) is 20.0 Å². The molecule has 172 valence electrons. The first-order chi connectivity index (χ1) is 15.1. The van der Waals surface area contributed by atoms with Crippen molar-refractivity contribution < 1.29 is 48.2 Å². The molecule has 2 aliphatic rings. The Morgan fingerprint density at radius 1 is 1.41 bits per heavy atom. The van der Waals surface area contributed by atoms with E-state index >= 15 is 0 Å². The molecule has 3 heterocycles. The van der Waals surface area contributed by atoms with Crippen LogP contribution in [-0.4, -0.2) is 82.7 Å². The zero-order valence-electron chi connectivity index (χ0n) is 16.6. The number of esters is 2. The number of carboxylic acid groups (broad SMARTS) is 1. The molecule has 16 heteroatoms. The molecular formula is C16H17N5O10S. The molecule has 15 nitrogen and oxygen atoms in total. The number of hydrogen-bond acceptors (Lipinski definition) is 13. The molecule has 0 radical (unpaired) electrons.